The third-order valence-electron chi connectivity index (χ3n) is 4.60. The van der Waals surface area contributed by atoms with E-state index in [4.69, 9.17) is 4.42 Å². The minimum absolute atomic E-state index is 0.462. The highest BCUT2D eigenvalue weighted by atomic mass is 79.9. The van der Waals surface area contributed by atoms with Crippen LogP contribution in [0.25, 0.3) is 0 Å². The molecule has 1 aliphatic rings. The van der Waals surface area contributed by atoms with Gasteiger partial charge in [-0.1, -0.05) is 27.7 Å². The van der Waals surface area contributed by atoms with Crippen LogP contribution in [0.3, 0.4) is 0 Å². The zero-order valence-corrected chi connectivity index (χ0v) is 12.0. The van der Waals surface area contributed by atoms with E-state index in [-0.39, 0.29) is 0 Å². The van der Waals surface area contributed by atoms with Gasteiger partial charge in [-0.3, -0.25) is 0 Å². The third-order valence-corrected chi connectivity index (χ3v) is 5.02. The largest absolute Gasteiger partial charge is 0.453 e. The van der Waals surface area contributed by atoms with Crippen molar-refractivity contribution in [2.75, 3.05) is 6.54 Å². The molecule has 0 radical (unpaired) electrons. The second-order valence-electron chi connectivity index (χ2n) is 5.83. The Balaban J connectivity index is 1.78. The Morgan fingerprint density at radius 3 is 2.31 bits per heavy atom. The van der Waals surface area contributed by atoms with Crippen molar-refractivity contribution in [1.29, 1.82) is 0 Å². The van der Waals surface area contributed by atoms with Gasteiger partial charge in [-0.15, -0.1) is 0 Å². The average Bonchev–Trinajstić information content (AvgIpc) is 2.53. The van der Waals surface area contributed by atoms with E-state index in [1.165, 1.54) is 0 Å². The number of hydrogen-bond acceptors (Lipinski definition) is 2. The first kappa shape index (κ1) is 12.2. The van der Waals surface area contributed by atoms with E-state index in [9.17, 15) is 0 Å². The van der Waals surface area contributed by atoms with Crippen LogP contribution < -0.4 is 5.32 Å². The molecular weight excluding hydrogens is 266 g/mol. The van der Waals surface area contributed by atoms with Crippen molar-refractivity contribution >= 4 is 15.9 Å². The van der Waals surface area contributed by atoms with Crippen LogP contribution in [0.1, 0.15) is 33.5 Å². The molecule has 1 saturated carbocycles. The molecule has 0 bridgehead atoms. The lowest BCUT2D eigenvalue weighted by atomic mass is 10.0. The van der Waals surface area contributed by atoms with Gasteiger partial charge in [0.15, 0.2) is 4.67 Å². The van der Waals surface area contributed by atoms with Crippen molar-refractivity contribution in [1.82, 2.24) is 5.32 Å². The van der Waals surface area contributed by atoms with E-state index >= 15 is 0 Å². The maximum Gasteiger partial charge on any atom is 0.169 e. The van der Waals surface area contributed by atoms with E-state index in [2.05, 4.69) is 48.9 Å². The number of halogens is 1. The van der Waals surface area contributed by atoms with Crippen molar-refractivity contribution in [3.05, 3.63) is 22.6 Å². The maximum absolute atomic E-state index is 5.44. The molecule has 1 fully saturated rings. The molecule has 0 spiro atoms. The highest BCUT2D eigenvalue weighted by molar-refractivity contribution is 9.10. The van der Waals surface area contributed by atoms with Gasteiger partial charge in [0.25, 0.3) is 0 Å². The first-order chi connectivity index (χ1) is 7.35. The highest BCUT2D eigenvalue weighted by Crippen LogP contribution is 2.67. The molecule has 3 heteroatoms. The van der Waals surface area contributed by atoms with Gasteiger partial charge in [-0.05, 0) is 51.4 Å². The Labute approximate surface area is 106 Å². The lowest BCUT2D eigenvalue weighted by Gasteiger charge is -2.04. The first-order valence-electron chi connectivity index (χ1n) is 5.80. The smallest absolute Gasteiger partial charge is 0.169 e. The summed E-state index contributed by atoms with van der Waals surface area (Å²) >= 11 is 3.31. The topological polar surface area (TPSA) is 25.2 Å². The summed E-state index contributed by atoms with van der Waals surface area (Å²) in [4.78, 5) is 0. The molecule has 0 amide bonds. The van der Waals surface area contributed by atoms with Crippen LogP contribution in [0.2, 0.25) is 0 Å². The van der Waals surface area contributed by atoms with Gasteiger partial charge in [0.1, 0.15) is 5.76 Å². The van der Waals surface area contributed by atoms with Gasteiger partial charge in [0, 0.05) is 0 Å². The molecular formula is C13H20BrNO. The molecule has 1 heterocycles. The van der Waals surface area contributed by atoms with Gasteiger partial charge in [-0.2, -0.15) is 0 Å². The van der Waals surface area contributed by atoms with Crippen molar-refractivity contribution < 1.29 is 4.42 Å². The van der Waals surface area contributed by atoms with Gasteiger partial charge in [-0.25, -0.2) is 0 Å². The minimum atomic E-state index is 0.462. The van der Waals surface area contributed by atoms with Crippen LogP contribution in [0.5, 0.6) is 0 Å². The normalized spacial score (nSPS) is 22.3. The van der Waals surface area contributed by atoms with E-state index < -0.39 is 0 Å². The zero-order chi connectivity index (χ0) is 12.0. The van der Waals surface area contributed by atoms with Crippen LogP contribution in [0.4, 0.5) is 0 Å². The van der Waals surface area contributed by atoms with Gasteiger partial charge < -0.3 is 9.73 Å². The number of hydrogen-bond donors (Lipinski definition) is 1. The second kappa shape index (κ2) is 3.88. The fraction of sp³-hybridized carbons (Fsp3) is 0.692. The molecule has 2 nitrogen and oxygen atoms in total. The van der Waals surface area contributed by atoms with Crippen LogP contribution in [-0.4, -0.2) is 6.54 Å². The second-order valence-corrected chi connectivity index (χ2v) is 6.61. The van der Waals surface area contributed by atoms with Crippen LogP contribution >= 0.6 is 15.9 Å². The van der Waals surface area contributed by atoms with Gasteiger partial charge in [0.2, 0.25) is 0 Å². The Bertz CT molecular complexity index is 367. The molecule has 0 unspecified atom stereocenters. The van der Waals surface area contributed by atoms with E-state index in [0.717, 1.165) is 29.4 Å². The molecule has 0 aliphatic heterocycles. The lowest BCUT2D eigenvalue weighted by molar-refractivity contribution is 0.449. The fourth-order valence-electron chi connectivity index (χ4n) is 2.63. The lowest BCUT2D eigenvalue weighted by Crippen LogP contribution is -2.18. The van der Waals surface area contributed by atoms with E-state index in [1.807, 2.05) is 12.1 Å². The molecule has 1 aliphatic carbocycles. The molecule has 2 rings (SSSR count). The maximum atomic E-state index is 5.44. The molecule has 1 aromatic heterocycles. The minimum Gasteiger partial charge on any atom is -0.453 e. The Hall–Kier alpha value is -0.280. The first-order valence-corrected chi connectivity index (χ1v) is 6.60. The summed E-state index contributed by atoms with van der Waals surface area (Å²) in [5, 5.41) is 3.47. The zero-order valence-electron chi connectivity index (χ0n) is 10.4. The predicted octanol–water partition coefficient (Wildman–Crippen LogP) is 3.81. The molecule has 16 heavy (non-hydrogen) atoms. The fourth-order valence-corrected chi connectivity index (χ4v) is 2.97. The van der Waals surface area contributed by atoms with Crippen molar-refractivity contribution in [3.63, 3.8) is 0 Å². The highest BCUT2D eigenvalue weighted by Gasteiger charge is 2.63. The van der Waals surface area contributed by atoms with Crippen LogP contribution in [0, 0.1) is 16.7 Å². The predicted molar refractivity (Wildman–Crippen MR) is 69.2 cm³/mol. The standard InChI is InChI=1S/C13H20BrNO/c1-12(2)10(13(12,3)4)8-15-7-9-5-6-11(14)16-9/h5-6,10,15H,7-8H2,1-4H3. The summed E-state index contributed by atoms with van der Waals surface area (Å²) in [5.74, 6) is 1.75. The molecule has 0 saturated heterocycles. The molecule has 0 aromatic carbocycles. The van der Waals surface area contributed by atoms with Gasteiger partial charge in [0.05, 0.1) is 6.54 Å². The number of rotatable bonds is 4. The number of nitrogens with one attached hydrogen (secondary N) is 1. The summed E-state index contributed by atoms with van der Waals surface area (Å²) in [6.45, 7) is 11.3. The third kappa shape index (κ3) is 1.95. The number of furan rings is 1. The van der Waals surface area contributed by atoms with E-state index in [1.54, 1.807) is 0 Å². The molecule has 1 N–H and O–H groups in total. The molecule has 0 atom stereocenters. The summed E-state index contributed by atoms with van der Waals surface area (Å²) in [5.41, 5.74) is 0.924. The summed E-state index contributed by atoms with van der Waals surface area (Å²) in [6, 6.07) is 3.93. The van der Waals surface area contributed by atoms with E-state index in [0.29, 0.717) is 10.8 Å². The quantitative estimate of drug-likeness (QED) is 0.910. The summed E-state index contributed by atoms with van der Waals surface area (Å²) in [6.07, 6.45) is 0. The molecule has 90 valence electrons. The Kier molecular flexibility index (Phi) is 2.96. The van der Waals surface area contributed by atoms with Crippen molar-refractivity contribution in [3.8, 4) is 0 Å². The monoisotopic (exact) mass is 285 g/mol. The Morgan fingerprint density at radius 1 is 1.25 bits per heavy atom. The van der Waals surface area contributed by atoms with Crippen molar-refractivity contribution in [2.45, 2.75) is 34.2 Å². The Morgan fingerprint density at radius 2 is 1.88 bits per heavy atom. The average molecular weight is 286 g/mol. The van der Waals surface area contributed by atoms with Crippen LogP contribution in [-0.2, 0) is 6.54 Å². The van der Waals surface area contributed by atoms with Gasteiger partial charge >= 0.3 is 0 Å². The molecule has 1 aromatic rings. The van der Waals surface area contributed by atoms with Crippen LogP contribution in [0.15, 0.2) is 21.2 Å². The SMILES string of the molecule is CC1(C)C(CNCc2ccc(Br)o2)C1(C)C. The summed E-state index contributed by atoms with van der Waals surface area (Å²) in [7, 11) is 0. The summed E-state index contributed by atoms with van der Waals surface area (Å²) < 4.78 is 6.25. The van der Waals surface area contributed by atoms with Crippen molar-refractivity contribution in [2.24, 2.45) is 16.7 Å².